The number of carbonyl (C=O) groups excluding carboxylic acids is 2. The number of benzene rings is 1. The molecule has 2 aromatic rings. The van der Waals surface area contributed by atoms with Crippen LogP contribution < -0.4 is 10.1 Å². The lowest BCUT2D eigenvalue weighted by atomic mass is 9.88. The van der Waals surface area contributed by atoms with Crippen molar-refractivity contribution in [2.75, 3.05) is 19.7 Å². The maximum absolute atomic E-state index is 12.6. The van der Waals surface area contributed by atoms with Gasteiger partial charge in [-0.25, -0.2) is 0 Å². The van der Waals surface area contributed by atoms with Crippen LogP contribution in [0.4, 0.5) is 0 Å². The molecular weight excluding hydrogens is 384 g/mol. The minimum Gasteiger partial charge on any atom is -0.484 e. The second-order valence-electron chi connectivity index (χ2n) is 7.55. The minimum atomic E-state index is -0.635. The third kappa shape index (κ3) is 4.76. The summed E-state index contributed by atoms with van der Waals surface area (Å²) >= 11 is 0. The van der Waals surface area contributed by atoms with E-state index in [1.54, 1.807) is 17.3 Å². The molecule has 8 heteroatoms. The van der Waals surface area contributed by atoms with Crippen LogP contribution in [0.15, 0.2) is 60.0 Å². The smallest absolute Gasteiger partial charge is 0.269 e. The highest BCUT2D eigenvalue weighted by Crippen LogP contribution is 2.33. The van der Waals surface area contributed by atoms with Gasteiger partial charge in [0, 0.05) is 31.9 Å². The van der Waals surface area contributed by atoms with Crippen molar-refractivity contribution in [3.05, 3.63) is 60.4 Å². The third-order valence-electron chi connectivity index (χ3n) is 5.30. The van der Waals surface area contributed by atoms with E-state index in [1.165, 1.54) is 0 Å². The number of nitrogens with one attached hydrogen (secondary N) is 1. The van der Waals surface area contributed by atoms with Gasteiger partial charge in [0.2, 0.25) is 0 Å². The molecule has 2 aliphatic rings. The van der Waals surface area contributed by atoms with E-state index in [2.05, 4.69) is 15.5 Å². The lowest BCUT2D eigenvalue weighted by Crippen LogP contribution is -2.52. The van der Waals surface area contributed by atoms with Gasteiger partial charge in [-0.15, -0.1) is 0 Å². The summed E-state index contributed by atoms with van der Waals surface area (Å²) in [6.07, 6.45) is 5.29. The molecule has 1 spiro atoms. The van der Waals surface area contributed by atoms with Crippen LogP contribution in [-0.4, -0.2) is 52.7 Å². The highest BCUT2D eigenvalue weighted by Gasteiger charge is 2.45. The highest BCUT2D eigenvalue weighted by molar-refractivity contribution is 6.39. The molecule has 8 nitrogen and oxygen atoms in total. The Morgan fingerprint density at radius 3 is 2.77 bits per heavy atom. The molecule has 1 fully saturated rings. The van der Waals surface area contributed by atoms with Gasteiger partial charge < -0.3 is 19.8 Å². The molecule has 0 aliphatic carbocycles. The molecule has 0 unspecified atom stereocenters. The van der Waals surface area contributed by atoms with Crippen molar-refractivity contribution >= 4 is 17.5 Å². The summed E-state index contributed by atoms with van der Waals surface area (Å²) in [5.41, 5.74) is 0.684. The fourth-order valence-electron chi connectivity index (χ4n) is 3.71. The average molecular weight is 408 g/mol. The summed E-state index contributed by atoms with van der Waals surface area (Å²) < 4.78 is 5.58. The van der Waals surface area contributed by atoms with E-state index in [4.69, 9.17) is 9.57 Å². The summed E-state index contributed by atoms with van der Waals surface area (Å²) in [7, 11) is 0. The van der Waals surface area contributed by atoms with Crippen LogP contribution in [0.25, 0.3) is 0 Å². The van der Waals surface area contributed by atoms with Crippen LogP contribution in [0.2, 0.25) is 0 Å². The maximum atomic E-state index is 12.6. The molecule has 0 radical (unpaired) electrons. The Morgan fingerprint density at radius 1 is 1.17 bits per heavy atom. The molecule has 3 heterocycles. The Hall–Kier alpha value is -3.42. The molecule has 0 bridgehead atoms. The second-order valence-corrected chi connectivity index (χ2v) is 7.55. The van der Waals surface area contributed by atoms with Gasteiger partial charge in [0.1, 0.15) is 11.5 Å². The van der Waals surface area contributed by atoms with Crippen LogP contribution >= 0.6 is 0 Å². The largest absolute Gasteiger partial charge is 0.484 e. The first kappa shape index (κ1) is 19.9. The van der Waals surface area contributed by atoms with Crippen LogP contribution in [0.1, 0.15) is 24.8 Å². The Bertz CT molecular complexity index is 919. The lowest BCUT2D eigenvalue weighted by Gasteiger charge is -2.38. The predicted octanol–water partition coefficient (Wildman–Crippen LogP) is 1.91. The van der Waals surface area contributed by atoms with Gasteiger partial charge in [0.25, 0.3) is 11.8 Å². The molecule has 1 N–H and O–H groups in total. The molecule has 1 atom stereocenters. The number of carbonyl (C=O) groups is 2. The molecule has 1 aromatic carbocycles. The summed E-state index contributed by atoms with van der Waals surface area (Å²) in [6, 6.07) is 12.9. The number of para-hydroxylation sites is 1. The van der Waals surface area contributed by atoms with Crippen LogP contribution in [0.3, 0.4) is 0 Å². The molecule has 2 aliphatic heterocycles. The second kappa shape index (κ2) is 8.94. The molecule has 156 valence electrons. The van der Waals surface area contributed by atoms with Crippen molar-refractivity contribution in [2.45, 2.75) is 31.4 Å². The Labute approximate surface area is 174 Å². The maximum Gasteiger partial charge on any atom is 0.269 e. The van der Waals surface area contributed by atoms with E-state index in [-0.39, 0.29) is 18.4 Å². The number of hydrogen-bond donors (Lipinski definition) is 1. The zero-order valence-electron chi connectivity index (χ0n) is 16.6. The Morgan fingerprint density at radius 2 is 1.97 bits per heavy atom. The molecule has 0 saturated carbocycles. The standard InChI is InChI=1S/C22H24N4O4/c27-20(15-29-18-5-2-1-3-6-18)26-12-4-9-22(16-26)13-19(25-30-22)21(28)24-14-17-7-10-23-11-8-17/h1-3,5-8,10-11H,4,9,12-16H2,(H,24,28)/t22-/m0/s1. The molecule has 2 amide bonds. The van der Waals surface area contributed by atoms with Crippen LogP contribution in [0, 0.1) is 0 Å². The number of likely N-dealkylation sites (tertiary alicyclic amines) is 1. The van der Waals surface area contributed by atoms with Crippen molar-refractivity contribution in [1.82, 2.24) is 15.2 Å². The van der Waals surface area contributed by atoms with Gasteiger partial charge in [-0.1, -0.05) is 23.4 Å². The highest BCUT2D eigenvalue weighted by atomic mass is 16.7. The SMILES string of the molecule is O=C(NCc1ccncc1)C1=NO[C@@]2(CCCN(C(=O)COc3ccccc3)C2)C1. The van der Waals surface area contributed by atoms with Gasteiger partial charge in [0.15, 0.2) is 12.2 Å². The Balaban J connectivity index is 1.28. The normalized spacial score (nSPS) is 20.4. The van der Waals surface area contributed by atoms with Gasteiger partial charge in [-0.3, -0.25) is 14.6 Å². The fourth-order valence-corrected chi connectivity index (χ4v) is 3.71. The first-order valence-corrected chi connectivity index (χ1v) is 10.0. The quantitative estimate of drug-likeness (QED) is 0.788. The van der Waals surface area contributed by atoms with Crippen molar-refractivity contribution < 1.29 is 19.2 Å². The molecule has 1 saturated heterocycles. The number of oxime groups is 1. The van der Waals surface area contributed by atoms with Crippen molar-refractivity contribution in [2.24, 2.45) is 5.16 Å². The molecular formula is C22H24N4O4. The van der Waals surface area contributed by atoms with Gasteiger partial charge in [-0.2, -0.15) is 0 Å². The van der Waals surface area contributed by atoms with E-state index < -0.39 is 5.60 Å². The summed E-state index contributed by atoms with van der Waals surface area (Å²) in [5, 5.41) is 6.89. The first-order chi connectivity index (χ1) is 14.6. The fraction of sp³-hybridized carbons (Fsp3) is 0.364. The van der Waals surface area contributed by atoms with Crippen LogP contribution in [0.5, 0.6) is 5.75 Å². The molecule has 4 rings (SSSR count). The number of aromatic nitrogens is 1. The van der Waals surface area contributed by atoms with E-state index >= 15 is 0 Å². The van der Waals surface area contributed by atoms with E-state index in [0.29, 0.717) is 37.5 Å². The van der Waals surface area contributed by atoms with Crippen molar-refractivity contribution in [1.29, 1.82) is 0 Å². The zero-order chi connectivity index (χ0) is 20.8. The monoisotopic (exact) mass is 408 g/mol. The number of pyridine rings is 1. The number of rotatable bonds is 6. The van der Waals surface area contributed by atoms with E-state index in [9.17, 15) is 9.59 Å². The lowest BCUT2D eigenvalue weighted by molar-refractivity contribution is -0.142. The summed E-state index contributed by atoms with van der Waals surface area (Å²) in [6.45, 7) is 1.41. The van der Waals surface area contributed by atoms with Gasteiger partial charge in [0.05, 0.1) is 6.54 Å². The number of amides is 2. The number of hydrogen-bond acceptors (Lipinski definition) is 6. The molecule has 1 aromatic heterocycles. The average Bonchev–Trinajstić information content (AvgIpc) is 3.20. The minimum absolute atomic E-state index is 0.0276. The molecule has 30 heavy (non-hydrogen) atoms. The van der Waals surface area contributed by atoms with Gasteiger partial charge in [-0.05, 0) is 42.7 Å². The van der Waals surface area contributed by atoms with Crippen LogP contribution in [-0.2, 0) is 21.0 Å². The predicted molar refractivity (Wildman–Crippen MR) is 110 cm³/mol. The topological polar surface area (TPSA) is 93.1 Å². The zero-order valence-corrected chi connectivity index (χ0v) is 16.6. The van der Waals surface area contributed by atoms with Crippen molar-refractivity contribution in [3.8, 4) is 5.75 Å². The van der Waals surface area contributed by atoms with E-state index in [1.807, 2.05) is 42.5 Å². The number of ether oxygens (including phenoxy) is 1. The summed E-state index contributed by atoms with van der Waals surface area (Å²) in [5.74, 6) is 0.308. The van der Waals surface area contributed by atoms with Crippen molar-refractivity contribution in [3.63, 3.8) is 0 Å². The number of nitrogens with zero attached hydrogens (tertiary/aromatic N) is 3. The Kier molecular flexibility index (Phi) is 5.92. The number of piperidine rings is 1. The third-order valence-corrected chi connectivity index (χ3v) is 5.30. The van der Waals surface area contributed by atoms with E-state index in [0.717, 1.165) is 18.4 Å². The summed E-state index contributed by atoms with van der Waals surface area (Å²) in [4.78, 5) is 36.5. The first-order valence-electron chi connectivity index (χ1n) is 10.0. The van der Waals surface area contributed by atoms with Gasteiger partial charge >= 0.3 is 0 Å².